The normalized spacial score (nSPS) is 25.6. The molecule has 1 saturated heterocycles. The number of nitrogens with zero attached hydrogens (tertiary/aromatic N) is 5. The molecule has 5 rings (SSSR count). The number of nitrogen functional groups attached to an aromatic ring is 1. The molecule has 1 aliphatic heterocycles. The predicted molar refractivity (Wildman–Crippen MR) is 160 cm³/mol. The zero-order chi connectivity index (χ0) is 32.2. The van der Waals surface area contributed by atoms with Gasteiger partial charge >= 0.3 is 19.4 Å². The second-order valence-corrected chi connectivity index (χ2v) is 12.6. The van der Waals surface area contributed by atoms with Crippen LogP contribution in [-0.2, 0) is 23.4 Å². The second-order valence-electron chi connectivity index (χ2n) is 10.9. The number of esters is 1. The van der Waals surface area contributed by atoms with E-state index in [-0.39, 0.29) is 17.7 Å². The first-order valence-corrected chi connectivity index (χ1v) is 15.9. The number of nitrogens with one attached hydrogen (secondary N) is 1. The molecule has 45 heavy (non-hydrogen) atoms. The third-order valence-corrected chi connectivity index (χ3v) is 9.26. The van der Waals surface area contributed by atoms with Crippen molar-refractivity contribution in [2.24, 2.45) is 5.11 Å². The number of halogens is 1. The van der Waals surface area contributed by atoms with Crippen molar-refractivity contribution in [1.82, 2.24) is 14.6 Å². The Morgan fingerprint density at radius 1 is 1.29 bits per heavy atom. The van der Waals surface area contributed by atoms with Crippen LogP contribution >= 0.6 is 7.75 Å². The Kier molecular flexibility index (Phi) is 9.73. The fourth-order valence-corrected chi connectivity index (χ4v) is 6.83. The number of fused-ring (bicyclic) bond motifs is 1. The van der Waals surface area contributed by atoms with Gasteiger partial charge in [-0.1, -0.05) is 47.9 Å². The average molecular weight is 646 g/mol. The van der Waals surface area contributed by atoms with Crippen molar-refractivity contribution in [3.63, 3.8) is 0 Å². The Labute approximate surface area is 256 Å². The molecule has 17 heteroatoms. The van der Waals surface area contributed by atoms with Crippen LogP contribution in [0.4, 0.5) is 10.2 Å². The molecule has 0 bridgehead atoms. The number of aliphatic hydroxyl groups excluding tert-OH is 1. The SMILES string of the molecule is C[C@H](NP(=O)(OC[C@@]1(N=[N+]=[N-])O[C@@H](n2ccc(N)nc2=O)[C@H](F)[C@@H]1O)Oc1cccc2ccccc12)C(=O)OC1CCCCC1. The van der Waals surface area contributed by atoms with Gasteiger partial charge in [-0.15, -0.1) is 0 Å². The number of hydrogen-bond donors (Lipinski definition) is 3. The molecule has 4 N–H and O–H groups in total. The van der Waals surface area contributed by atoms with E-state index in [0.717, 1.165) is 30.8 Å². The number of hydrogen-bond acceptors (Lipinski definition) is 11. The molecular formula is C28H33FN7O8P. The van der Waals surface area contributed by atoms with E-state index >= 15 is 4.39 Å². The Bertz CT molecular complexity index is 1690. The van der Waals surface area contributed by atoms with Crippen LogP contribution in [0.25, 0.3) is 21.2 Å². The summed E-state index contributed by atoms with van der Waals surface area (Å²) >= 11 is 0. The molecule has 2 fully saturated rings. The summed E-state index contributed by atoms with van der Waals surface area (Å²) in [6, 6.07) is 12.1. The molecule has 0 amide bonds. The van der Waals surface area contributed by atoms with Gasteiger partial charge in [0.25, 0.3) is 0 Å². The zero-order valence-corrected chi connectivity index (χ0v) is 25.2. The maximum absolute atomic E-state index is 15.4. The topological polar surface area (TPSA) is 213 Å². The van der Waals surface area contributed by atoms with E-state index in [4.69, 9.17) is 24.3 Å². The van der Waals surface area contributed by atoms with Gasteiger partial charge < -0.3 is 24.8 Å². The molecule has 0 spiro atoms. The lowest BCUT2D eigenvalue weighted by Gasteiger charge is -2.30. The second kappa shape index (κ2) is 13.5. The number of carbonyl (C=O) groups is 1. The highest BCUT2D eigenvalue weighted by Crippen LogP contribution is 2.49. The number of alkyl halides is 1. The first-order valence-electron chi connectivity index (χ1n) is 14.4. The van der Waals surface area contributed by atoms with Crippen LogP contribution in [0.3, 0.4) is 0 Å². The van der Waals surface area contributed by atoms with E-state index in [0.29, 0.717) is 22.8 Å². The molecule has 1 aliphatic carbocycles. The molecule has 15 nitrogen and oxygen atoms in total. The number of benzene rings is 2. The monoisotopic (exact) mass is 645 g/mol. The van der Waals surface area contributed by atoms with Gasteiger partial charge in [0.15, 0.2) is 12.4 Å². The van der Waals surface area contributed by atoms with E-state index in [2.05, 4.69) is 20.1 Å². The van der Waals surface area contributed by atoms with Crippen LogP contribution in [0.1, 0.15) is 45.3 Å². The van der Waals surface area contributed by atoms with Crippen molar-refractivity contribution in [3.05, 3.63) is 75.7 Å². The molecule has 2 aromatic carbocycles. The number of rotatable bonds is 11. The van der Waals surface area contributed by atoms with Crippen molar-refractivity contribution in [2.45, 2.75) is 75.4 Å². The number of aliphatic hydroxyl groups is 1. The van der Waals surface area contributed by atoms with Crippen molar-refractivity contribution in [1.29, 1.82) is 0 Å². The highest BCUT2D eigenvalue weighted by Gasteiger charge is 2.57. The lowest BCUT2D eigenvalue weighted by atomic mass is 9.98. The van der Waals surface area contributed by atoms with Crippen molar-refractivity contribution in [3.8, 4) is 5.75 Å². The Morgan fingerprint density at radius 3 is 2.76 bits per heavy atom. The molecule has 6 atom stereocenters. The van der Waals surface area contributed by atoms with E-state index < -0.39 is 56.3 Å². The van der Waals surface area contributed by atoms with Crippen LogP contribution in [0.15, 0.2) is 64.6 Å². The first kappa shape index (κ1) is 32.4. The fourth-order valence-electron chi connectivity index (χ4n) is 5.30. The fraction of sp³-hybridized carbons (Fsp3) is 0.464. The molecule has 240 valence electrons. The summed E-state index contributed by atoms with van der Waals surface area (Å²) in [6.45, 7) is 0.387. The lowest BCUT2D eigenvalue weighted by Crippen LogP contribution is -2.45. The van der Waals surface area contributed by atoms with Gasteiger partial charge in [-0.25, -0.2) is 13.8 Å². The van der Waals surface area contributed by atoms with Gasteiger partial charge in [-0.05, 0) is 55.7 Å². The third kappa shape index (κ3) is 7.12. The molecule has 3 aromatic rings. The highest BCUT2D eigenvalue weighted by atomic mass is 31.2. The van der Waals surface area contributed by atoms with Crippen LogP contribution in [-0.4, -0.2) is 57.4 Å². The van der Waals surface area contributed by atoms with Gasteiger partial charge in [0.05, 0.1) is 6.61 Å². The van der Waals surface area contributed by atoms with Crippen LogP contribution in [0.2, 0.25) is 0 Å². The molecule has 2 aliphatic rings. The van der Waals surface area contributed by atoms with Crippen molar-refractivity contribution in [2.75, 3.05) is 12.3 Å². The molecule has 1 unspecified atom stereocenters. The number of carbonyl (C=O) groups excluding carboxylic acids is 1. The number of anilines is 1. The first-order chi connectivity index (χ1) is 21.5. The largest absolute Gasteiger partial charge is 0.461 e. The van der Waals surface area contributed by atoms with Crippen LogP contribution in [0, 0.1) is 0 Å². The van der Waals surface area contributed by atoms with Gasteiger partial charge in [0.2, 0.25) is 5.72 Å². The van der Waals surface area contributed by atoms with Gasteiger partial charge in [-0.2, -0.15) is 10.1 Å². The number of nitrogens with two attached hydrogens (primary N) is 1. The number of aromatic nitrogens is 2. The van der Waals surface area contributed by atoms with Crippen molar-refractivity contribution >= 4 is 30.3 Å². The summed E-state index contributed by atoms with van der Waals surface area (Å²) < 4.78 is 53.3. The van der Waals surface area contributed by atoms with Crippen LogP contribution < -0.4 is 21.0 Å². The summed E-state index contributed by atoms with van der Waals surface area (Å²) in [7, 11) is -4.63. The Balaban J connectivity index is 1.43. The minimum atomic E-state index is -4.63. The van der Waals surface area contributed by atoms with E-state index in [1.54, 1.807) is 36.4 Å². The molecule has 2 heterocycles. The molecular weight excluding hydrogens is 612 g/mol. The van der Waals surface area contributed by atoms with Gasteiger partial charge in [-0.3, -0.25) is 13.9 Å². The summed E-state index contributed by atoms with van der Waals surface area (Å²) in [4.78, 5) is 31.6. The number of azide groups is 1. The van der Waals surface area contributed by atoms with E-state index in [1.807, 2.05) is 0 Å². The maximum atomic E-state index is 15.4. The zero-order valence-electron chi connectivity index (χ0n) is 24.3. The standard InChI is InChI=1S/C28H33FN7O8P/c1-17(26(38)42-19-10-3-2-4-11-19)33-45(40,44-21-13-7-9-18-8-5-6-12-20(18)21)41-16-28(34-35-31)24(37)23(29)25(43-28)36-15-14-22(30)32-27(36)39/h5-9,12-15,17,19,23-25,37H,2-4,10-11,16H2,1H3,(H,33,40)(H2,30,32,39)/t17-,23+,24-,25+,28+,45?/m0/s1. The summed E-state index contributed by atoms with van der Waals surface area (Å²) in [5, 5.41) is 18.2. The predicted octanol–water partition coefficient (Wildman–Crippen LogP) is 4.27. The summed E-state index contributed by atoms with van der Waals surface area (Å²) in [6.07, 6.45) is -1.20. The minimum Gasteiger partial charge on any atom is -0.461 e. The minimum absolute atomic E-state index is 0.114. The third-order valence-electron chi connectivity index (χ3n) is 7.65. The average Bonchev–Trinajstić information content (AvgIpc) is 3.26. The summed E-state index contributed by atoms with van der Waals surface area (Å²) in [5.41, 5.74) is 11.3. The number of ether oxygens (including phenoxy) is 2. The maximum Gasteiger partial charge on any atom is 0.459 e. The lowest BCUT2D eigenvalue weighted by molar-refractivity contribution is -0.152. The highest BCUT2D eigenvalue weighted by molar-refractivity contribution is 7.52. The Morgan fingerprint density at radius 2 is 2.02 bits per heavy atom. The van der Waals surface area contributed by atoms with Crippen molar-refractivity contribution < 1.29 is 37.4 Å². The molecule has 0 radical (unpaired) electrons. The Hall–Kier alpha value is -4.04. The molecule has 1 aromatic heterocycles. The van der Waals surface area contributed by atoms with Gasteiger partial charge in [0, 0.05) is 16.5 Å². The molecule has 1 saturated carbocycles. The summed E-state index contributed by atoms with van der Waals surface area (Å²) in [5.74, 6) is -0.722. The van der Waals surface area contributed by atoms with Gasteiger partial charge in [0.1, 0.15) is 29.8 Å². The van der Waals surface area contributed by atoms with E-state index in [1.165, 1.54) is 19.1 Å². The quantitative estimate of drug-likeness (QED) is 0.0880. The smallest absolute Gasteiger partial charge is 0.459 e. The van der Waals surface area contributed by atoms with E-state index in [9.17, 15) is 24.8 Å². The van der Waals surface area contributed by atoms with Crippen LogP contribution in [0.5, 0.6) is 5.75 Å².